The zero-order valence-corrected chi connectivity index (χ0v) is 11.4. The molecule has 2 atom stereocenters. The fourth-order valence-corrected chi connectivity index (χ4v) is 3.15. The molecule has 4 heteroatoms. The molecule has 3 rings (SSSR count). The molecule has 0 saturated carbocycles. The molecule has 0 spiro atoms. The van der Waals surface area contributed by atoms with E-state index < -0.39 is 0 Å². The molecule has 4 nitrogen and oxygen atoms in total. The maximum atomic E-state index is 12.7. The lowest BCUT2D eigenvalue weighted by Crippen LogP contribution is -2.42. The van der Waals surface area contributed by atoms with E-state index in [9.17, 15) is 4.79 Å². The van der Waals surface area contributed by atoms with Crippen molar-refractivity contribution < 1.29 is 4.79 Å². The highest BCUT2D eigenvalue weighted by molar-refractivity contribution is 6.06. The number of piperidine rings is 1. The van der Waals surface area contributed by atoms with Gasteiger partial charge in [0.25, 0.3) is 5.91 Å². The monoisotopic (exact) mass is 257 g/mol. The predicted octanol–water partition coefficient (Wildman–Crippen LogP) is 2.68. The molecule has 2 aromatic rings. The van der Waals surface area contributed by atoms with Gasteiger partial charge in [0.2, 0.25) is 0 Å². The van der Waals surface area contributed by atoms with Gasteiger partial charge in [0, 0.05) is 18.5 Å². The predicted molar refractivity (Wildman–Crippen MR) is 74.9 cm³/mol. The van der Waals surface area contributed by atoms with Crippen LogP contribution in [0.25, 0.3) is 10.9 Å². The summed E-state index contributed by atoms with van der Waals surface area (Å²) in [6.45, 7) is 6.15. The summed E-state index contributed by atoms with van der Waals surface area (Å²) in [7, 11) is 0. The second kappa shape index (κ2) is 4.68. The number of H-pyrrole nitrogens is 1. The lowest BCUT2D eigenvalue weighted by Gasteiger charge is -2.35. The standard InChI is InChI=1S/C15H19N3O/c1-10-6-11(2)9-18(8-10)15(19)12-4-3-5-14-13(12)7-16-17-14/h3-5,7,10-11H,6,8-9H2,1-2H3,(H,16,17). The number of nitrogens with zero attached hydrogens (tertiary/aromatic N) is 2. The van der Waals surface area contributed by atoms with E-state index in [1.165, 1.54) is 6.42 Å². The molecular formula is C15H19N3O. The average Bonchev–Trinajstić information content (AvgIpc) is 2.84. The van der Waals surface area contributed by atoms with Gasteiger partial charge in [-0.3, -0.25) is 9.89 Å². The Bertz CT molecular complexity index is 594. The molecule has 2 unspecified atom stereocenters. The highest BCUT2D eigenvalue weighted by Gasteiger charge is 2.27. The van der Waals surface area contributed by atoms with Gasteiger partial charge in [0.05, 0.1) is 17.3 Å². The Morgan fingerprint density at radius 2 is 2.05 bits per heavy atom. The molecule has 1 fully saturated rings. The van der Waals surface area contributed by atoms with Crippen LogP contribution in [0.15, 0.2) is 24.4 Å². The Labute approximate surface area is 112 Å². The fraction of sp³-hybridized carbons (Fsp3) is 0.467. The summed E-state index contributed by atoms with van der Waals surface area (Å²) >= 11 is 0. The molecular weight excluding hydrogens is 238 g/mol. The molecule has 1 aromatic carbocycles. The smallest absolute Gasteiger partial charge is 0.254 e. The van der Waals surface area contributed by atoms with Gasteiger partial charge in [-0.25, -0.2) is 0 Å². The number of hydrogen-bond acceptors (Lipinski definition) is 2. The summed E-state index contributed by atoms with van der Waals surface area (Å²) in [5.74, 6) is 1.29. The lowest BCUT2D eigenvalue weighted by molar-refractivity contribution is 0.0625. The molecule has 0 aliphatic carbocycles. The van der Waals surface area contributed by atoms with Gasteiger partial charge in [-0.15, -0.1) is 0 Å². The SMILES string of the molecule is CC1CC(C)CN(C(=O)c2cccc3[nH]ncc23)C1. The van der Waals surface area contributed by atoms with Crippen LogP contribution in [0.1, 0.15) is 30.6 Å². The Balaban J connectivity index is 1.93. The normalized spacial score (nSPS) is 23.8. The van der Waals surface area contributed by atoms with Crippen molar-refractivity contribution in [2.45, 2.75) is 20.3 Å². The highest BCUT2D eigenvalue weighted by Crippen LogP contribution is 2.24. The van der Waals surface area contributed by atoms with Gasteiger partial charge in [-0.05, 0) is 30.4 Å². The van der Waals surface area contributed by atoms with E-state index in [0.29, 0.717) is 11.8 Å². The first-order valence-electron chi connectivity index (χ1n) is 6.86. The largest absolute Gasteiger partial charge is 0.338 e. The highest BCUT2D eigenvalue weighted by atomic mass is 16.2. The van der Waals surface area contributed by atoms with Crippen LogP contribution in [0.4, 0.5) is 0 Å². The van der Waals surface area contributed by atoms with E-state index in [1.807, 2.05) is 23.1 Å². The minimum absolute atomic E-state index is 0.130. The quantitative estimate of drug-likeness (QED) is 0.854. The third kappa shape index (κ3) is 2.23. The first-order chi connectivity index (χ1) is 9.15. The van der Waals surface area contributed by atoms with Crippen molar-refractivity contribution in [2.75, 3.05) is 13.1 Å². The summed E-state index contributed by atoms with van der Waals surface area (Å²) in [5.41, 5.74) is 1.68. The molecule has 1 amide bonds. The Kier molecular flexibility index (Phi) is 3.01. The molecule has 2 heterocycles. The van der Waals surface area contributed by atoms with Crippen molar-refractivity contribution >= 4 is 16.8 Å². The molecule has 0 bridgehead atoms. The van der Waals surface area contributed by atoms with Gasteiger partial charge in [-0.2, -0.15) is 5.10 Å². The number of rotatable bonds is 1. The van der Waals surface area contributed by atoms with E-state index in [0.717, 1.165) is 29.6 Å². The van der Waals surface area contributed by atoms with Crippen LogP contribution in [0, 0.1) is 11.8 Å². The fourth-order valence-electron chi connectivity index (χ4n) is 3.15. The summed E-state index contributed by atoms with van der Waals surface area (Å²) in [6.07, 6.45) is 2.94. The summed E-state index contributed by atoms with van der Waals surface area (Å²) in [5, 5.41) is 7.85. The molecule has 1 aliphatic rings. The number of amides is 1. The molecule has 1 aliphatic heterocycles. The maximum Gasteiger partial charge on any atom is 0.254 e. The number of carbonyl (C=O) groups is 1. The average molecular weight is 257 g/mol. The lowest BCUT2D eigenvalue weighted by atomic mass is 9.91. The van der Waals surface area contributed by atoms with E-state index in [4.69, 9.17) is 0 Å². The summed E-state index contributed by atoms with van der Waals surface area (Å²) in [4.78, 5) is 14.7. The van der Waals surface area contributed by atoms with Crippen molar-refractivity contribution in [1.29, 1.82) is 0 Å². The van der Waals surface area contributed by atoms with Gasteiger partial charge in [0.15, 0.2) is 0 Å². The number of aromatic nitrogens is 2. The molecule has 1 aromatic heterocycles. The van der Waals surface area contributed by atoms with Crippen LogP contribution in [-0.2, 0) is 0 Å². The Hall–Kier alpha value is -1.84. The number of benzene rings is 1. The van der Waals surface area contributed by atoms with Gasteiger partial charge in [0.1, 0.15) is 0 Å². The third-order valence-corrected chi connectivity index (χ3v) is 3.87. The van der Waals surface area contributed by atoms with Crippen LogP contribution in [0.2, 0.25) is 0 Å². The van der Waals surface area contributed by atoms with Crippen molar-refractivity contribution in [3.05, 3.63) is 30.0 Å². The number of fused-ring (bicyclic) bond motifs is 1. The van der Waals surface area contributed by atoms with Crippen LogP contribution < -0.4 is 0 Å². The minimum Gasteiger partial charge on any atom is -0.338 e. The molecule has 19 heavy (non-hydrogen) atoms. The first-order valence-corrected chi connectivity index (χ1v) is 6.86. The third-order valence-electron chi connectivity index (χ3n) is 3.87. The second-order valence-corrected chi connectivity index (χ2v) is 5.79. The molecule has 1 saturated heterocycles. The van der Waals surface area contributed by atoms with Crippen LogP contribution in [0.5, 0.6) is 0 Å². The molecule has 1 N–H and O–H groups in total. The first kappa shape index (κ1) is 12.2. The number of nitrogens with one attached hydrogen (secondary N) is 1. The van der Waals surface area contributed by atoms with Gasteiger partial charge in [-0.1, -0.05) is 19.9 Å². The van der Waals surface area contributed by atoms with E-state index in [-0.39, 0.29) is 5.91 Å². The van der Waals surface area contributed by atoms with E-state index in [2.05, 4.69) is 24.0 Å². The summed E-state index contributed by atoms with van der Waals surface area (Å²) in [6, 6.07) is 5.75. The van der Waals surface area contributed by atoms with Gasteiger partial charge >= 0.3 is 0 Å². The van der Waals surface area contributed by atoms with Crippen LogP contribution >= 0.6 is 0 Å². The second-order valence-electron chi connectivity index (χ2n) is 5.79. The Morgan fingerprint density at radius 3 is 2.79 bits per heavy atom. The molecule has 0 radical (unpaired) electrons. The zero-order chi connectivity index (χ0) is 13.4. The maximum absolute atomic E-state index is 12.7. The van der Waals surface area contributed by atoms with Crippen molar-refractivity contribution in [3.63, 3.8) is 0 Å². The van der Waals surface area contributed by atoms with Crippen molar-refractivity contribution in [3.8, 4) is 0 Å². The Morgan fingerprint density at radius 1 is 1.32 bits per heavy atom. The minimum atomic E-state index is 0.130. The van der Waals surface area contributed by atoms with E-state index in [1.54, 1.807) is 6.20 Å². The number of likely N-dealkylation sites (tertiary alicyclic amines) is 1. The van der Waals surface area contributed by atoms with Crippen LogP contribution in [0.3, 0.4) is 0 Å². The van der Waals surface area contributed by atoms with E-state index >= 15 is 0 Å². The van der Waals surface area contributed by atoms with Crippen molar-refractivity contribution in [2.24, 2.45) is 11.8 Å². The topological polar surface area (TPSA) is 49.0 Å². The van der Waals surface area contributed by atoms with Gasteiger partial charge < -0.3 is 4.90 Å². The number of aromatic amines is 1. The van der Waals surface area contributed by atoms with Crippen molar-refractivity contribution in [1.82, 2.24) is 15.1 Å². The zero-order valence-electron chi connectivity index (χ0n) is 11.4. The summed E-state index contributed by atoms with van der Waals surface area (Å²) < 4.78 is 0. The van der Waals surface area contributed by atoms with Crippen LogP contribution in [-0.4, -0.2) is 34.1 Å². The number of carbonyl (C=O) groups excluding carboxylic acids is 1. The molecule has 100 valence electrons. The number of hydrogen-bond donors (Lipinski definition) is 1.